The number of aryl methyl sites for hydroxylation is 1. The molecule has 0 saturated heterocycles. The summed E-state index contributed by atoms with van der Waals surface area (Å²) in [6.45, 7) is 5.20. The first-order valence-corrected chi connectivity index (χ1v) is 6.05. The standard InChI is InChI=1S/C14H18N2O2/c1-4-7-16(8-5-2)13-10-11(14(17)18)9-12(6-3)15-13/h1,9-10H,5-8H2,2-3H3,(H,17,18). The molecule has 0 aliphatic carbocycles. The van der Waals surface area contributed by atoms with E-state index in [1.54, 1.807) is 12.1 Å². The first-order chi connectivity index (χ1) is 8.62. The van der Waals surface area contributed by atoms with Gasteiger partial charge in [-0.1, -0.05) is 19.8 Å². The summed E-state index contributed by atoms with van der Waals surface area (Å²) in [5, 5.41) is 9.08. The van der Waals surface area contributed by atoms with Gasteiger partial charge < -0.3 is 10.0 Å². The maximum absolute atomic E-state index is 11.1. The minimum Gasteiger partial charge on any atom is -0.478 e. The van der Waals surface area contributed by atoms with Crippen LogP contribution in [0.2, 0.25) is 0 Å². The van der Waals surface area contributed by atoms with Crippen LogP contribution in [0.15, 0.2) is 12.1 Å². The molecule has 1 aromatic heterocycles. The average Bonchev–Trinajstić information content (AvgIpc) is 2.37. The van der Waals surface area contributed by atoms with Gasteiger partial charge in [-0.3, -0.25) is 0 Å². The monoisotopic (exact) mass is 246 g/mol. The average molecular weight is 246 g/mol. The smallest absolute Gasteiger partial charge is 0.335 e. The first kappa shape index (κ1) is 14.0. The normalized spacial score (nSPS) is 9.83. The van der Waals surface area contributed by atoms with Crippen molar-refractivity contribution in [3.63, 3.8) is 0 Å². The number of carboxylic acid groups (broad SMARTS) is 1. The second-order valence-corrected chi connectivity index (χ2v) is 3.99. The summed E-state index contributed by atoms with van der Waals surface area (Å²) in [6.07, 6.45) is 6.96. The zero-order chi connectivity index (χ0) is 13.5. The molecule has 1 rings (SSSR count). The molecular formula is C14H18N2O2. The Morgan fingerprint density at radius 1 is 1.50 bits per heavy atom. The van der Waals surface area contributed by atoms with Crippen molar-refractivity contribution in [2.24, 2.45) is 0 Å². The Labute approximate surface area is 108 Å². The molecule has 0 aliphatic rings. The van der Waals surface area contributed by atoms with Crippen LogP contribution >= 0.6 is 0 Å². The summed E-state index contributed by atoms with van der Waals surface area (Å²) in [7, 11) is 0. The maximum atomic E-state index is 11.1. The van der Waals surface area contributed by atoms with Gasteiger partial charge in [-0.15, -0.1) is 6.42 Å². The van der Waals surface area contributed by atoms with E-state index in [0.717, 1.165) is 18.7 Å². The molecule has 0 spiro atoms. The molecule has 0 aliphatic heterocycles. The van der Waals surface area contributed by atoms with Crippen LogP contribution in [0, 0.1) is 12.3 Å². The Balaban J connectivity index is 3.16. The van der Waals surface area contributed by atoms with Gasteiger partial charge in [0.25, 0.3) is 0 Å². The van der Waals surface area contributed by atoms with E-state index in [1.807, 2.05) is 18.7 Å². The number of aromatic nitrogens is 1. The van der Waals surface area contributed by atoms with E-state index in [9.17, 15) is 4.79 Å². The third-order valence-electron chi connectivity index (χ3n) is 2.57. The fourth-order valence-electron chi connectivity index (χ4n) is 1.69. The zero-order valence-electron chi connectivity index (χ0n) is 10.8. The van der Waals surface area contributed by atoms with Gasteiger partial charge in [-0.05, 0) is 25.0 Å². The second-order valence-electron chi connectivity index (χ2n) is 3.99. The number of hydrogen-bond acceptors (Lipinski definition) is 3. The molecule has 0 atom stereocenters. The van der Waals surface area contributed by atoms with Crippen LogP contribution in [0.4, 0.5) is 5.82 Å². The van der Waals surface area contributed by atoms with Crippen LogP contribution in [0.25, 0.3) is 0 Å². The molecule has 4 nitrogen and oxygen atoms in total. The summed E-state index contributed by atoms with van der Waals surface area (Å²) in [5.74, 6) is 2.28. The molecule has 0 aromatic carbocycles. The van der Waals surface area contributed by atoms with Crippen molar-refractivity contribution >= 4 is 11.8 Å². The summed E-state index contributed by atoms with van der Waals surface area (Å²) in [6, 6.07) is 3.18. The van der Waals surface area contributed by atoms with Crippen molar-refractivity contribution in [3.05, 3.63) is 23.4 Å². The van der Waals surface area contributed by atoms with E-state index < -0.39 is 5.97 Å². The van der Waals surface area contributed by atoms with Crippen molar-refractivity contribution < 1.29 is 9.90 Å². The summed E-state index contributed by atoms with van der Waals surface area (Å²) >= 11 is 0. The molecule has 96 valence electrons. The number of carbonyl (C=O) groups is 1. The molecule has 0 unspecified atom stereocenters. The molecule has 1 aromatic rings. The lowest BCUT2D eigenvalue weighted by molar-refractivity contribution is 0.0696. The second kappa shape index (κ2) is 6.65. The SMILES string of the molecule is C#CCN(CCC)c1cc(C(=O)O)cc(CC)n1. The molecular weight excluding hydrogens is 228 g/mol. The molecule has 0 saturated carbocycles. The van der Waals surface area contributed by atoms with Gasteiger partial charge in [0, 0.05) is 12.2 Å². The quantitative estimate of drug-likeness (QED) is 0.782. The highest BCUT2D eigenvalue weighted by molar-refractivity contribution is 5.88. The predicted molar refractivity (Wildman–Crippen MR) is 71.9 cm³/mol. The largest absolute Gasteiger partial charge is 0.478 e. The van der Waals surface area contributed by atoms with Crippen molar-refractivity contribution in [1.29, 1.82) is 0 Å². The molecule has 4 heteroatoms. The number of aromatic carboxylic acids is 1. The van der Waals surface area contributed by atoms with E-state index >= 15 is 0 Å². The summed E-state index contributed by atoms with van der Waals surface area (Å²) in [4.78, 5) is 17.4. The lowest BCUT2D eigenvalue weighted by Crippen LogP contribution is -2.26. The Morgan fingerprint density at radius 2 is 2.22 bits per heavy atom. The number of hydrogen-bond donors (Lipinski definition) is 1. The Kier molecular flexibility index (Phi) is 5.19. The Morgan fingerprint density at radius 3 is 2.72 bits per heavy atom. The van der Waals surface area contributed by atoms with Gasteiger partial charge in [-0.25, -0.2) is 9.78 Å². The highest BCUT2D eigenvalue weighted by Gasteiger charge is 2.12. The van der Waals surface area contributed by atoms with E-state index in [0.29, 0.717) is 18.8 Å². The highest BCUT2D eigenvalue weighted by atomic mass is 16.4. The van der Waals surface area contributed by atoms with Gasteiger partial charge in [0.1, 0.15) is 5.82 Å². The molecule has 0 fully saturated rings. The fraction of sp³-hybridized carbons (Fsp3) is 0.429. The molecule has 0 amide bonds. The number of carboxylic acids is 1. The van der Waals surface area contributed by atoms with E-state index in [4.69, 9.17) is 11.5 Å². The maximum Gasteiger partial charge on any atom is 0.335 e. The molecule has 18 heavy (non-hydrogen) atoms. The number of terminal acetylenes is 1. The third kappa shape index (κ3) is 3.49. The van der Waals surface area contributed by atoms with Gasteiger partial charge in [-0.2, -0.15) is 0 Å². The van der Waals surface area contributed by atoms with Gasteiger partial charge in [0.15, 0.2) is 0 Å². The fourth-order valence-corrected chi connectivity index (χ4v) is 1.69. The Hall–Kier alpha value is -2.02. The highest BCUT2D eigenvalue weighted by Crippen LogP contribution is 2.16. The number of pyridine rings is 1. The minimum absolute atomic E-state index is 0.259. The van der Waals surface area contributed by atoms with E-state index in [1.165, 1.54) is 0 Å². The van der Waals surface area contributed by atoms with Crippen LogP contribution < -0.4 is 4.90 Å². The van der Waals surface area contributed by atoms with Gasteiger partial charge in [0.2, 0.25) is 0 Å². The van der Waals surface area contributed by atoms with Crippen LogP contribution in [-0.2, 0) is 6.42 Å². The van der Waals surface area contributed by atoms with Crippen molar-refractivity contribution in [2.45, 2.75) is 26.7 Å². The summed E-state index contributed by atoms with van der Waals surface area (Å²) < 4.78 is 0. The van der Waals surface area contributed by atoms with Gasteiger partial charge >= 0.3 is 5.97 Å². The first-order valence-electron chi connectivity index (χ1n) is 6.05. The topological polar surface area (TPSA) is 53.4 Å². The molecule has 0 bridgehead atoms. The lowest BCUT2D eigenvalue weighted by Gasteiger charge is -2.21. The van der Waals surface area contributed by atoms with Crippen LogP contribution in [0.5, 0.6) is 0 Å². The number of rotatable bonds is 6. The van der Waals surface area contributed by atoms with Crippen molar-refractivity contribution in [2.75, 3.05) is 18.0 Å². The summed E-state index contributed by atoms with van der Waals surface area (Å²) in [5.41, 5.74) is 1.03. The number of nitrogens with zero attached hydrogens (tertiary/aromatic N) is 2. The van der Waals surface area contributed by atoms with E-state index in [2.05, 4.69) is 10.9 Å². The van der Waals surface area contributed by atoms with Crippen molar-refractivity contribution in [1.82, 2.24) is 4.98 Å². The lowest BCUT2D eigenvalue weighted by atomic mass is 10.2. The van der Waals surface area contributed by atoms with Crippen LogP contribution in [0.3, 0.4) is 0 Å². The molecule has 1 N–H and O–H groups in total. The molecule has 1 heterocycles. The Bertz CT molecular complexity index is 463. The predicted octanol–water partition coefficient (Wildman–Crippen LogP) is 2.19. The molecule has 0 radical (unpaired) electrons. The minimum atomic E-state index is -0.939. The number of anilines is 1. The van der Waals surface area contributed by atoms with E-state index in [-0.39, 0.29) is 5.56 Å². The zero-order valence-corrected chi connectivity index (χ0v) is 10.8. The van der Waals surface area contributed by atoms with Crippen LogP contribution in [-0.4, -0.2) is 29.1 Å². The van der Waals surface area contributed by atoms with Gasteiger partial charge in [0.05, 0.1) is 12.1 Å². The van der Waals surface area contributed by atoms with Crippen molar-refractivity contribution in [3.8, 4) is 12.3 Å². The van der Waals surface area contributed by atoms with Crippen LogP contribution in [0.1, 0.15) is 36.3 Å². The third-order valence-corrected chi connectivity index (χ3v) is 2.57.